The van der Waals surface area contributed by atoms with Gasteiger partial charge in [0.25, 0.3) is 0 Å². The van der Waals surface area contributed by atoms with Crippen molar-refractivity contribution in [2.45, 2.75) is 13.8 Å². The number of aromatic nitrogens is 1. The van der Waals surface area contributed by atoms with Gasteiger partial charge in [0.05, 0.1) is 7.11 Å². The highest BCUT2D eigenvalue weighted by molar-refractivity contribution is 8.93. The van der Waals surface area contributed by atoms with Crippen LogP contribution >= 0.6 is 17.0 Å². The molecule has 0 fully saturated rings. The van der Waals surface area contributed by atoms with Gasteiger partial charge in [-0.3, -0.25) is 4.98 Å². The second kappa shape index (κ2) is 4.62. The van der Waals surface area contributed by atoms with Crippen LogP contribution in [0.25, 0.3) is 10.8 Å². The number of hydrogen-bond acceptors (Lipinski definition) is 2. The van der Waals surface area contributed by atoms with Crippen LogP contribution in [-0.4, -0.2) is 12.1 Å². The molecule has 0 saturated heterocycles. The highest BCUT2D eigenvalue weighted by Crippen LogP contribution is 2.27. The molecule has 0 unspecified atom stereocenters. The molecular weight excluding hydrogens is 254 g/mol. The van der Waals surface area contributed by atoms with Crippen molar-refractivity contribution in [2.75, 3.05) is 7.11 Å². The first-order valence-corrected chi connectivity index (χ1v) is 4.63. The van der Waals surface area contributed by atoms with Crippen molar-refractivity contribution in [1.29, 1.82) is 0 Å². The van der Waals surface area contributed by atoms with Gasteiger partial charge in [0.2, 0.25) is 0 Å². The highest BCUT2D eigenvalue weighted by Gasteiger charge is 2.05. The lowest BCUT2D eigenvalue weighted by atomic mass is 10.1. The Morgan fingerprint density at radius 3 is 2.60 bits per heavy atom. The van der Waals surface area contributed by atoms with Crippen LogP contribution in [0.5, 0.6) is 5.75 Å². The van der Waals surface area contributed by atoms with E-state index in [1.165, 1.54) is 5.39 Å². The zero-order valence-corrected chi connectivity index (χ0v) is 10.8. The van der Waals surface area contributed by atoms with Crippen LogP contribution in [0.3, 0.4) is 0 Å². The molecule has 3 heteroatoms. The Morgan fingerprint density at radius 2 is 1.93 bits per heavy atom. The third-order valence-electron chi connectivity index (χ3n) is 2.35. The number of halogens is 1. The average Bonchev–Trinajstić information content (AvgIpc) is 2.16. The van der Waals surface area contributed by atoms with Crippen molar-refractivity contribution in [3.8, 4) is 5.75 Å². The number of benzene rings is 1. The molecule has 0 radical (unpaired) electrons. The molecule has 0 spiro atoms. The van der Waals surface area contributed by atoms with Gasteiger partial charge in [-0.25, -0.2) is 0 Å². The lowest BCUT2D eigenvalue weighted by Gasteiger charge is -2.08. The van der Waals surface area contributed by atoms with Gasteiger partial charge in [-0.15, -0.1) is 17.0 Å². The minimum Gasteiger partial charge on any atom is -0.496 e. The van der Waals surface area contributed by atoms with E-state index in [1.807, 2.05) is 26.0 Å². The molecule has 80 valence electrons. The van der Waals surface area contributed by atoms with Crippen LogP contribution in [0.4, 0.5) is 0 Å². The van der Waals surface area contributed by atoms with Gasteiger partial charge in [-0.1, -0.05) is 12.1 Å². The van der Waals surface area contributed by atoms with E-state index in [1.54, 1.807) is 7.11 Å². The molecule has 0 atom stereocenters. The van der Waals surface area contributed by atoms with Gasteiger partial charge in [-0.05, 0) is 31.4 Å². The van der Waals surface area contributed by atoms with Gasteiger partial charge in [-0.2, -0.15) is 0 Å². The fraction of sp³-hybridized carbons (Fsp3) is 0.250. The Morgan fingerprint density at radius 1 is 1.20 bits per heavy atom. The van der Waals surface area contributed by atoms with Crippen molar-refractivity contribution < 1.29 is 4.74 Å². The minimum atomic E-state index is 0. The maximum Gasteiger partial charge on any atom is 0.128 e. The second-order valence-electron chi connectivity index (χ2n) is 3.41. The molecule has 2 aromatic rings. The Labute approximate surface area is 100 Å². The smallest absolute Gasteiger partial charge is 0.128 e. The quantitative estimate of drug-likeness (QED) is 0.790. The van der Waals surface area contributed by atoms with E-state index in [4.69, 9.17) is 4.74 Å². The number of nitrogens with zero attached hydrogens (tertiary/aromatic N) is 1. The maximum atomic E-state index is 5.31. The van der Waals surface area contributed by atoms with Gasteiger partial charge in [0.1, 0.15) is 5.75 Å². The number of aryl methyl sites for hydroxylation is 2. The molecule has 0 saturated carbocycles. The SMILES string of the molecule is Br.COc1cccc2cc(C)nc(C)c12. The standard InChI is InChI=1S/C12H13NO.BrH/c1-8-7-10-5-4-6-11(14-3)12(10)9(2)13-8;/h4-7H,1-3H3;1H. The maximum absolute atomic E-state index is 5.31. The molecule has 0 aliphatic rings. The van der Waals surface area contributed by atoms with Gasteiger partial charge >= 0.3 is 0 Å². The van der Waals surface area contributed by atoms with Crippen molar-refractivity contribution in [1.82, 2.24) is 4.98 Å². The highest BCUT2D eigenvalue weighted by atomic mass is 79.9. The fourth-order valence-corrected chi connectivity index (χ4v) is 1.80. The summed E-state index contributed by atoms with van der Waals surface area (Å²) in [5.74, 6) is 0.896. The lowest BCUT2D eigenvalue weighted by molar-refractivity contribution is 0.419. The second-order valence-corrected chi connectivity index (χ2v) is 3.41. The molecule has 0 bridgehead atoms. The summed E-state index contributed by atoms with van der Waals surface area (Å²) in [5, 5.41) is 2.30. The first kappa shape index (κ1) is 12.0. The van der Waals surface area contributed by atoms with Crippen molar-refractivity contribution >= 4 is 27.8 Å². The summed E-state index contributed by atoms with van der Waals surface area (Å²) in [7, 11) is 1.69. The van der Waals surface area contributed by atoms with Crippen molar-refractivity contribution in [3.63, 3.8) is 0 Å². The van der Waals surface area contributed by atoms with E-state index in [9.17, 15) is 0 Å². The molecule has 0 aliphatic heterocycles. The number of ether oxygens (including phenoxy) is 1. The summed E-state index contributed by atoms with van der Waals surface area (Å²) >= 11 is 0. The first-order chi connectivity index (χ1) is 6.72. The Balaban J connectivity index is 0.00000112. The van der Waals surface area contributed by atoms with E-state index in [0.29, 0.717) is 0 Å². The molecule has 1 heterocycles. The van der Waals surface area contributed by atoms with E-state index < -0.39 is 0 Å². The van der Waals surface area contributed by atoms with Gasteiger partial charge < -0.3 is 4.74 Å². The number of hydrogen-bond donors (Lipinski definition) is 0. The number of fused-ring (bicyclic) bond motifs is 1. The molecule has 15 heavy (non-hydrogen) atoms. The topological polar surface area (TPSA) is 22.1 Å². The molecule has 2 rings (SSSR count). The summed E-state index contributed by atoms with van der Waals surface area (Å²) in [6, 6.07) is 8.12. The van der Waals surface area contributed by atoms with Crippen LogP contribution in [0, 0.1) is 13.8 Å². The molecule has 1 aromatic carbocycles. The van der Waals surface area contributed by atoms with Gasteiger partial charge in [0, 0.05) is 16.8 Å². The minimum absolute atomic E-state index is 0. The molecule has 2 nitrogen and oxygen atoms in total. The monoisotopic (exact) mass is 267 g/mol. The number of pyridine rings is 1. The Hall–Kier alpha value is -1.09. The molecule has 1 aromatic heterocycles. The van der Waals surface area contributed by atoms with Crippen LogP contribution < -0.4 is 4.74 Å². The first-order valence-electron chi connectivity index (χ1n) is 4.63. The van der Waals surface area contributed by atoms with Crippen LogP contribution in [-0.2, 0) is 0 Å². The fourth-order valence-electron chi connectivity index (χ4n) is 1.80. The van der Waals surface area contributed by atoms with Crippen LogP contribution in [0.1, 0.15) is 11.4 Å². The normalized spacial score (nSPS) is 9.80. The summed E-state index contributed by atoms with van der Waals surface area (Å²) in [5.41, 5.74) is 2.07. The third kappa shape index (κ3) is 2.12. The third-order valence-corrected chi connectivity index (χ3v) is 2.35. The number of methoxy groups -OCH3 is 1. The molecule has 0 amide bonds. The summed E-state index contributed by atoms with van der Waals surface area (Å²) < 4.78 is 5.31. The van der Waals surface area contributed by atoms with E-state index in [-0.39, 0.29) is 17.0 Å². The molecular formula is C12H14BrNO. The van der Waals surface area contributed by atoms with Crippen molar-refractivity contribution in [2.24, 2.45) is 0 Å². The predicted molar refractivity (Wildman–Crippen MR) is 68.1 cm³/mol. The number of rotatable bonds is 1. The van der Waals surface area contributed by atoms with Crippen LogP contribution in [0.15, 0.2) is 24.3 Å². The van der Waals surface area contributed by atoms with Crippen LogP contribution in [0.2, 0.25) is 0 Å². The van der Waals surface area contributed by atoms with E-state index in [0.717, 1.165) is 22.5 Å². The lowest BCUT2D eigenvalue weighted by Crippen LogP contribution is -1.91. The average molecular weight is 268 g/mol. The van der Waals surface area contributed by atoms with Crippen molar-refractivity contribution in [3.05, 3.63) is 35.7 Å². The zero-order valence-electron chi connectivity index (χ0n) is 9.07. The Bertz CT molecular complexity index is 482. The van der Waals surface area contributed by atoms with E-state index in [2.05, 4.69) is 17.1 Å². The zero-order chi connectivity index (χ0) is 10.1. The summed E-state index contributed by atoms with van der Waals surface area (Å²) in [4.78, 5) is 4.43. The molecule has 0 aliphatic carbocycles. The van der Waals surface area contributed by atoms with E-state index >= 15 is 0 Å². The predicted octanol–water partition coefficient (Wildman–Crippen LogP) is 3.44. The Kier molecular flexibility index (Phi) is 3.69. The van der Waals surface area contributed by atoms with Gasteiger partial charge in [0.15, 0.2) is 0 Å². The molecule has 0 N–H and O–H groups in total. The summed E-state index contributed by atoms with van der Waals surface area (Å²) in [6.07, 6.45) is 0. The summed E-state index contributed by atoms with van der Waals surface area (Å²) in [6.45, 7) is 4.02. The largest absolute Gasteiger partial charge is 0.496 e.